The highest BCUT2D eigenvalue weighted by molar-refractivity contribution is 7.96. The standard InChI is InChI=1S/C4H3F3O2S/c1-2-3-10(8,9)4(5,6)7/h1H3. The van der Waals surface area contributed by atoms with E-state index in [1.54, 1.807) is 5.92 Å². The SMILES string of the molecule is CC#CS(=O)(=O)C(F)(F)F. The minimum Gasteiger partial charge on any atom is -0.206 e. The van der Waals surface area contributed by atoms with Crippen LogP contribution in [0.25, 0.3) is 0 Å². The minimum absolute atomic E-state index is 1.02. The lowest BCUT2D eigenvalue weighted by Crippen LogP contribution is -2.20. The first-order valence-corrected chi connectivity index (χ1v) is 3.54. The van der Waals surface area contributed by atoms with E-state index < -0.39 is 15.3 Å². The predicted molar refractivity (Wildman–Crippen MR) is 28.4 cm³/mol. The molecular weight excluding hydrogens is 169 g/mol. The summed E-state index contributed by atoms with van der Waals surface area (Å²) in [6.45, 7) is 1.02. The summed E-state index contributed by atoms with van der Waals surface area (Å²) in [5, 5.41) is 1.06. The van der Waals surface area contributed by atoms with E-state index >= 15 is 0 Å². The molecular formula is C4H3F3O2S. The Morgan fingerprint density at radius 2 is 1.70 bits per heavy atom. The van der Waals surface area contributed by atoms with Crippen molar-refractivity contribution in [1.82, 2.24) is 0 Å². The van der Waals surface area contributed by atoms with E-state index in [-0.39, 0.29) is 0 Å². The molecule has 2 nitrogen and oxygen atoms in total. The molecule has 6 heteroatoms. The number of hydrogen-bond donors (Lipinski definition) is 0. The van der Waals surface area contributed by atoms with Crippen LogP contribution < -0.4 is 0 Å². The highest BCUT2D eigenvalue weighted by atomic mass is 32.2. The van der Waals surface area contributed by atoms with Crippen molar-refractivity contribution in [3.05, 3.63) is 0 Å². The van der Waals surface area contributed by atoms with E-state index in [2.05, 4.69) is 0 Å². The lowest BCUT2D eigenvalue weighted by atomic mass is 10.9. The molecule has 0 spiro atoms. The highest BCUT2D eigenvalue weighted by Crippen LogP contribution is 2.22. The van der Waals surface area contributed by atoms with Crippen LogP contribution in [0.5, 0.6) is 0 Å². The minimum atomic E-state index is -5.25. The van der Waals surface area contributed by atoms with Gasteiger partial charge in [0.25, 0.3) is 0 Å². The molecule has 0 saturated carbocycles. The Kier molecular flexibility index (Phi) is 2.33. The van der Waals surface area contributed by atoms with Crippen LogP contribution in [0, 0.1) is 11.2 Å². The average molecular weight is 172 g/mol. The first kappa shape index (κ1) is 9.30. The molecule has 0 amide bonds. The molecule has 10 heavy (non-hydrogen) atoms. The summed E-state index contributed by atoms with van der Waals surface area (Å²) < 4.78 is 53.9. The van der Waals surface area contributed by atoms with Gasteiger partial charge in [0.05, 0.1) is 0 Å². The average Bonchev–Trinajstić information content (AvgIpc) is 1.61. The van der Waals surface area contributed by atoms with Crippen LogP contribution in [-0.2, 0) is 9.84 Å². The van der Waals surface area contributed by atoms with Crippen LogP contribution in [0.3, 0.4) is 0 Å². The maximum absolute atomic E-state index is 11.3. The second-order valence-electron chi connectivity index (χ2n) is 1.30. The van der Waals surface area contributed by atoms with Crippen molar-refractivity contribution < 1.29 is 21.6 Å². The summed E-state index contributed by atoms with van der Waals surface area (Å²) >= 11 is 0. The van der Waals surface area contributed by atoms with E-state index in [9.17, 15) is 21.6 Å². The van der Waals surface area contributed by atoms with Crippen LogP contribution in [0.1, 0.15) is 6.92 Å². The summed E-state index contributed by atoms with van der Waals surface area (Å²) in [4.78, 5) is 0. The Bertz CT molecular complexity index is 263. The van der Waals surface area contributed by atoms with Crippen molar-refractivity contribution >= 4 is 9.84 Å². The van der Waals surface area contributed by atoms with Gasteiger partial charge in [0.2, 0.25) is 0 Å². The number of hydrogen-bond acceptors (Lipinski definition) is 2. The fourth-order valence-electron chi connectivity index (χ4n) is 0.192. The lowest BCUT2D eigenvalue weighted by molar-refractivity contribution is -0.0420. The molecule has 0 radical (unpaired) electrons. The van der Waals surface area contributed by atoms with E-state index in [0.717, 1.165) is 12.2 Å². The zero-order chi connectivity index (χ0) is 8.41. The fraction of sp³-hybridized carbons (Fsp3) is 0.500. The Morgan fingerprint density at radius 3 is 1.80 bits per heavy atom. The third-order valence-corrected chi connectivity index (χ3v) is 1.62. The van der Waals surface area contributed by atoms with Crippen molar-refractivity contribution in [3.8, 4) is 11.2 Å². The van der Waals surface area contributed by atoms with Crippen LogP contribution in [0.2, 0.25) is 0 Å². The summed E-state index contributed by atoms with van der Waals surface area (Å²) in [5.74, 6) is 1.66. The molecule has 0 bridgehead atoms. The van der Waals surface area contributed by atoms with Gasteiger partial charge in [-0.3, -0.25) is 0 Å². The van der Waals surface area contributed by atoms with Gasteiger partial charge in [0.1, 0.15) is 0 Å². The van der Waals surface area contributed by atoms with Gasteiger partial charge in [0, 0.05) is 5.25 Å². The van der Waals surface area contributed by atoms with Gasteiger partial charge in [-0.15, -0.1) is 0 Å². The number of halogens is 3. The van der Waals surface area contributed by atoms with Gasteiger partial charge in [-0.1, -0.05) is 5.92 Å². The molecule has 0 fully saturated rings. The third-order valence-electron chi connectivity index (χ3n) is 0.541. The lowest BCUT2D eigenvalue weighted by Gasteiger charge is -1.98. The Morgan fingerprint density at radius 1 is 1.30 bits per heavy atom. The number of rotatable bonds is 0. The van der Waals surface area contributed by atoms with Gasteiger partial charge in [-0.25, -0.2) is 8.42 Å². The largest absolute Gasteiger partial charge is 0.509 e. The fourth-order valence-corrected chi connectivity index (χ4v) is 0.577. The maximum atomic E-state index is 11.3. The first-order valence-electron chi connectivity index (χ1n) is 2.06. The Labute approximate surface area is 56.0 Å². The monoisotopic (exact) mass is 172 g/mol. The van der Waals surface area contributed by atoms with Crippen molar-refractivity contribution in [2.75, 3.05) is 0 Å². The quantitative estimate of drug-likeness (QED) is 0.402. The second kappa shape index (κ2) is 2.50. The third kappa shape index (κ3) is 1.92. The normalized spacial score (nSPS) is 12.0. The van der Waals surface area contributed by atoms with Gasteiger partial charge in [-0.2, -0.15) is 13.2 Å². The summed E-state index contributed by atoms with van der Waals surface area (Å²) in [6.07, 6.45) is 0. The molecule has 0 saturated heterocycles. The van der Waals surface area contributed by atoms with Crippen molar-refractivity contribution in [3.63, 3.8) is 0 Å². The Hall–Kier alpha value is -0.700. The molecule has 0 aromatic heterocycles. The molecule has 0 aliphatic carbocycles. The number of alkyl halides is 3. The van der Waals surface area contributed by atoms with Crippen molar-refractivity contribution in [1.29, 1.82) is 0 Å². The molecule has 0 aromatic rings. The van der Waals surface area contributed by atoms with E-state index in [0.29, 0.717) is 0 Å². The molecule has 0 unspecified atom stereocenters. The van der Waals surface area contributed by atoms with Crippen LogP contribution in [-0.4, -0.2) is 13.9 Å². The first-order chi connectivity index (χ1) is 4.31. The van der Waals surface area contributed by atoms with Crippen LogP contribution in [0.15, 0.2) is 0 Å². The van der Waals surface area contributed by atoms with Crippen LogP contribution in [0.4, 0.5) is 13.2 Å². The van der Waals surface area contributed by atoms with Crippen molar-refractivity contribution in [2.45, 2.75) is 12.4 Å². The molecule has 0 atom stereocenters. The Balaban J connectivity index is 4.91. The van der Waals surface area contributed by atoms with E-state index in [4.69, 9.17) is 0 Å². The molecule has 0 aliphatic heterocycles. The second-order valence-corrected chi connectivity index (χ2v) is 2.98. The van der Waals surface area contributed by atoms with Gasteiger partial charge in [0.15, 0.2) is 0 Å². The van der Waals surface area contributed by atoms with Gasteiger partial charge in [-0.05, 0) is 6.92 Å². The van der Waals surface area contributed by atoms with Gasteiger partial charge >= 0.3 is 15.3 Å². The molecule has 0 N–H and O–H groups in total. The van der Waals surface area contributed by atoms with Crippen LogP contribution >= 0.6 is 0 Å². The number of sulfone groups is 1. The van der Waals surface area contributed by atoms with E-state index in [1.165, 1.54) is 0 Å². The summed E-state index contributed by atoms with van der Waals surface area (Å²) in [6, 6.07) is 0. The topological polar surface area (TPSA) is 34.1 Å². The molecule has 0 aromatic carbocycles. The molecule has 0 heterocycles. The molecule has 58 valence electrons. The summed E-state index contributed by atoms with van der Waals surface area (Å²) in [5.41, 5.74) is -5.25. The van der Waals surface area contributed by atoms with E-state index in [1.807, 2.05) is 0 Å². The predicted octanol–water partition coefficient (Wildman–Crippen LogP) is 0.902. The zero-order valence-electron chi connectivity index (χ0n) is 4.86. The van der Waals surface area contributed by atoms with Gasteiger partial charge < -0.3 is 0 Å². The zero-order valence-corrected chi connectivity index (χ0v) is 5.68. The smallest absolute Gasteiger partial charge is 0.206 e. The maximum Gasteiger partial charge on any atom is 0.509 e. The summed E-state index contributed by atoms with van der Waals surface area (Å²) in [7, 11) is -5.21. The molecule has 0 rings (SSSR count). The highest BCUT2D eigenvalue weighted by Gasteiger charge is 2.44. The molecule has 0 aliphatic rings. The van der Waals surface area contributed by atoms with Crippen molar-refractivity contribution in [2.24, 2.45) is 0 Å².